The lowest BCUT2D eigenvalue weighted by atomic mass is 9.99. The standard InChI is InChI=1S/C21H23FN2O4S/c22-18-6-3-15(4-7-18)21(25)24-10-9-16-12-20(8-5-17(16)14-24)29(26,27)23-13-19-2-1-11-28-19/h3-8,12,19,23H,1-2,9-11,13-14H2/t19-/m1/s1. The molecule has 0 radical (unpaired) electrons. The van der Waals surface area contributed by atoms with Gasteiger partial charge in [0.2, 0.25) is 10.0 Å². The number of carbonyl (C=O) groups is 1. The highest BCUT2D eigenvalue weighted by molar-refractivity contribution is 7.89. The fraction of sp³-hybridized carbons (Fsp3) is 0.381. The third-order valence-electron chi connectivity index (χ3n) is 5.40. The van der Waals surface area contributed by atoms with Gasteiger partial charge in [0.15, 0.2) is 0 Å². The van der Waals surface area contributed by atoms with E-state index in [1.54, 1.807) is 23.1 Å². The van der Waals surface area contributed by atoms with Gasteiger partial charge in [-0.2, -0.15) is 0 Å². The number of hydrogen-bond donors (Lipinski definition) is 1. The molecule has 1 amide bonds. The Balaban J connectivity index is 1.45. The summed E-state index contributed by atoms with van der Waals surface area (Å²) >= 11 is 0. The lowest BCUT2D eigenvalue weighted by Crippen LogP contribution is -2.36. The zero-order valence-electron chi connectivity index (χ0n) is 15.9. The average molecular weight is 418 g/mol. The van der Waals surface area contributed by atoms with Crippen molar-refractivity contribution in [3.05, 3.63) is 65.0 Å². The van der Waals surface area contributed by atoms with Crippen molar-refractivity contribution in [1.29, 1.82) is 0 Å². The van der Waals surface area contributed by atoms with E-state index in [9.17, 15) is 17.6 Å². The molecule has 154 valence electrons. The first-order chi connectivity index (χ1) is 13.9. The molecular weight excluding hydrogens is 395 g/mol. The van der Waals surface area contributed by atoms with Gasteiger partial charge < -0.3 is 9.64 Å². The van der Waals surface area contributed by atoms with Crippen molar-refractivity contribution in [3.63, 3.8) is 0 Å². The predicted molar refractivity (Wildman–Crippen MR) is 105 cm³/mol. The van der Waals surface area contributed by atoms with Crippen molar-refractivity contribution in [2.75, 3.05) is 19.7 Å². The molecule has 1 atom stereocenters. The maximum Gasteiger partial charge on any atom is 0.254 e. The molecule has 2 heterocycles. The van der Waals surface area contributed by atoms with Crippen LogP contribution in [0.2, 0.25) is 0 Å². The molecule has 0 unspecified atom stereocenters. The van der Waals surface area contributed by atoms with Gasteiger partial charge in [0.1, 0.15) is 5.82 Å². The fourth-order valence-electron chi connectivity index (χ4n) is 3.74. The zero-order chi connectivity index (χ0) is 20.4. The van der Waals surface area contributed by atoms with Crippen LogP contribution in [0, 0.1) is 5.82 Å². The maximum absolute atomic E-state index is 13.1. The molecule has 0 aromatic heterocycles. The summed E-state index contributed by atoms with van der Waals surface area (Å²) in [6.07, 6.45) is 2.33. The number of benzene rings is 2. The smallest absolute Gasteiger partial charge is 0.254 e. The number of nitrogens with one attached hydrogen (secondary N) is 1. The van der Waals surface area contributed by atoms with Crippen LogP contribution in [0.5, 0.6) is 0 Å². The van der Waals surface area contributed by atoms with Gasteiger partial charge in [-0.05, 0) is 66.8 Å². The molecule has 2 aromatic carbocycles. The van der Waals surface area contributed by atoms with E-state index in [0.29, 0.717) is 31.7 Å². The molecule has 2 aliphatic heterocycles. The Morgan fingerprint density at radius 2 is 1.97 bits per heavy atom. The molecule has 1 N–H and O–H groups in total. The van der Waals surface area contributed by atoms with Crippen LogP contribution in [-0.2, 0) is 27.7 Å². The van der Waals surface area contributed by atoms with E-state index in [1.165, 1.54) is 24.3 Å². The second-order valence-corrected chi connectivity index (χ2v) is 9.17. The van der Waals surface area contributed by atoms with E-state index in [0.717, 1.165) is 24.0 Å². The number of ether oxygens (including phenoxy) is 1. The van der Waals surface area contributed by atoms with Crippen LogP contribution in [0.3, 0.4) is 0 Å². The van der Waals surface area contributed by atoms with Gasteiger partial charge in [0.25, 0.3) is 5.91 Å². The van der Waals surface area contributed by atoms with Gasteiger partial charge in [0, 0.05) is 31.8 Å². The summed E-state index contributed by atoms with van der Waals surface area (Å²) in [5.41, 5.74) is 2.28. The van der Waals surface area contributed by atoms with Crippen molar-refractivity contribution in [1.82, 2.24) is 9.62 Å². The van der Waals surface area contributed by atoms with Gasteiger partial charge in [-0.1, -0.05) is 6.07 Å². The van der Waals surface area contributed by atoms with E-state index in [4.69, 9.17) is 4.74 Å². The molecule has 0 spiro atoms. The SMILES string of the molecule is O=C(c1ccc(F)cc1)N1CCc2cc(S(=O)(=O)NC[C@H]3CCCO3)ccc2C1. The highest BCUT2D eigenvalue weighted by atomic mass is 32.2. The lowest BCUT2D eigenvalue weighted by molar-refractivity contribution is 0.0734. The van der Waals surface area contributed by atoms with Gasteiger partial charge in [-0.25, -0.2) is 17.5 Å². The normalized spacial score (nSPS) is 19.2. The number of carbonyl (C=O) groups excluding carboxylic acids is 1. The van der Waals surface area contributed by atoms with Crippen LogP contribution >= 0.6 is 0 Å². The van der Waals surface area contributed by atoms with Crippen LogP contribution in [0.4, 0.5) is 4.39 Å². The van der Waals surface area contributed by atoms with Crippen molar-refractivity contribution in [3.8, 4) is 0 Å². The van der Waals surface area contributed by atoms with Gasteiger partial charge >= 0.3 is 0 Å². The minimum atomic E-state index is -3.60. The van der Waals surface area contributed by atoms with E-state index in [2.05, 4.69) is 4.72 Å². The molecule has 8 heteroatoms. The van der Waals surface area contributed by atoms with Crippen molar-refractivity contribution in [2.24, 2.45) is 0 Å². The summed E-state index contributed by atoms with van der Waals surface area (Å²) in [6.45, 7) is 1.84. The van der Waals surface area contributed by atoms with Gasteiger partial charge in [-0.15, -0.1) is 0 Å². The molecule has 2 aromatic rings. The third-order valence-corrected chi connectivity index (χ3v) is 6.82. The molecule has 6 nitrogen and oxygen atoms in total. The highest BCUT2D eigenvalue weighted by Crippen LogP contribution is 2.24. The molecular formula is C21H23FN2O4S. The second kappa shape index (κ2) is 8.22. The van der Waals surface area contributed by atoms with Crippen molar-refractivity contribution in [2.45, 2.75) is 36.8 Å². The monoisotopic (exact) mass is 418 g/mol. The Hall–Kier alpha value is -2.29. The molecule has 0 bridgehead atoms. The summed E-state index contributed by atoms with van der Waals surface area (Å²) < 4.78 is 46.4. The molecule has 2 aliphatic rings. The number of nitrogens with zero attached hydrogens (tertiary/aromatic N) is 1. The topological polar surface area (TPSA) is 75.7 Å². The first-order valence-electron chi connectivity index (χ1n) is 9.70. The average Bonchev–Trinajstić information content (AvgIpc) is 3.25. The Labute approximate surface area is 169 Å². The number of rotatable bonds is 5. The molecule has 1 saturated heterocycles. The minimum Gasteiger partial charge on any atom is -0.377 e. The summed E-state index contributed by atoms with van der Waals surface area (Å²) in [4.78, 5) is 14.6. The zero-order valence-corrected chi connectivity index (χ0v) is 16.8. The first kappa shape index (κ1) is 20.0. The highest BCUT2D eigenvalue weighted by Gasteiger charge is 2.25. The Morgan fingerprint density at radius 1 is 1.17 bits per heavy atom. The molecule has 0 saturated carbocycles. The molecule has 1 fully saturated rings. The van der Waals surface area contributed by atoms with Crippen molar-refractivity contribution < 1.29 is 22.3 Å². The number of hydrogen-bond acceptors (Lipinski definition) is 4. The van der Waals surface area contributed by atoms with E-state index in [-0.39, 0.29) is 29.3 Å². The first-order valence-corrected chi connectivity index (χ1v) is 11.2. The predicted octanol–water partition coefficient (Wildman–Crippen LogP) is 2.48. The number of fused-ring (bicyclic) bond motifs is 1. The summed E-state index contributed by atoms with van der Waals surface area (Å²) in [7, 11) is -3.60. The number of halogens is 1. The summed E-state index contributed by atoms with van der Waals surface area (Å²) in [5, 5.41) is 0. The van der Waals surface area contributed by atoms with E-state index < -0.39 is 10.0 Å². The minimum absolute atomic E-state index is 0.0616. The summed E-state index contributed by atoms with van der Waals surface area (Å²) in [5.74, 6) is -0.544. The van der Waals surface area contributed by atoms with Gasteiger partial charge in [-0.3, -0.25) is 4.79 Å². The van der Waals surface area contributed by atoms with E-state index in [1.807, 2.05) is 0 Å². The molecule has 4 rings (SSSR count). The van der Waals surface area contributed by atoms with Crippen LogP contribution in [0.1, 0.15) is 34.3 Å². The number of amides is 1. The Morgan fingerprint density at radius 3 is 2.69 bits per heavy atom. The van der Waals surface area contributed by atoms with Crippen LogP contribution in [0.25, 0.3) is 0 Å². The Bertz CT molecular complexity index is 1000. The van der Waals surface area contributed by atoms with Gasteiger partial charge in [0.05, 0.1) is 11.0 Å². The molecule has 29 heavy (non-hydrogen) atoms. The van der Waals surface area contributed by atoms with Crippen molar-refractivity contribution >= 4 is 15.9 Å². The van der Waals surface area contributed by atoms with Crippen LogP contribution in [0.15, 0.2) is 47.4 Å². The maximum atomic E-state index is 13.1. The second-order valence-electron chi connectivity index (χ2n) is 7.40. The lowest BCUT2D eigenvalue weighted by Gasteiger charge is -2.29. The Kier molecular flexibility index (Phi) is 5.67. The quantitative estimate of drug-likeness (QED) is 0.810. The largest absolute Gasteiger partial charge is 0.377 e. The fourth-order valence-corrected chi connectivity index (χ4v) is 4.85. The third kappa shape index (κ3) is 4.49. The summed E-state index contributed by atoms with van der Waals surface area (Å²) in [6, 6.07) is 10.5. The van der Waals surface area contributed by atoms with E-state index >= 15 is 0 Å². The van der Waals surface area contributed by atoms with Crippen LogP contribution in [-0.4, -0.2) is 45.0 Å². The van der Waals surface area contributed by atoms with Crippen LogP contribution < -0.4 is 4.72 Å². The molecule has 0 aliphatic carbocycles. The number of sulfonamides is 1.